The number of rotatable bonds is 7. The molecule has 0 atom stereocenters. The van der Waals surface area contributed by atoms with E-state index in [1.165, 1.54) is 11.8 Å². The van der Waals surface area contributed by atoms with Crippen molar-refractivity contribution in [1.29, 1.82) is 0 Å². The van der Waals surface area contributed by atoms with Crippen LogP contribution in [0.3, 0.4) is 0 Å². The van der Waals surface area contributed by atoms with Gasteiger partial charge >= 0.3 is 0 Å². The number of benzene rings is 2. The van der Waals surface area contributed by atoms with Crippen LogP contribution in [0.25, 0.3) is 22.0 Å². The number of aromatic nitrogens is 1. The number of hydrogen-bond donors (Lipinski definition) is 1. The minimum Gasteiger partial charge on any atom is -0.497 e. The maximum absolute atomic E-state index is 12.3. The molecule has 0 spiro atoms. The fourth-order valence-electron chi connectivity index (χ4n) is 3.03. The maximum atomic E-state index is 12.3. The molecule has 0 fully saturated rings. The van der Waals surface area contributed by atoms with Crippen LogP contribution in [0.5, 0.6) is 5.75 Å². The van der Waals surface area contributed by atoms with Crippen molar-refractivity contribution in [1.82, 2.24) is 10.3 Å². The highest BCUT2D eigenvalue weighted by atomic mass is 32.2. The Morgan fingerprint density at radius 2 is 1.97 bits per heavy atom. The summed E-state index contributed by atoms with van der Waals surface area (Å²) in [5.74, 6) is 1.08. The largest absolute Gasteiger partial charge is 0.497 e. The fourth-order valence-corrected chi connectivity index (χ4v) is 4.42. The first-order valence-electron chi connectivity index (χ1n) is 9.19. The molecule has 0 aliphatic carbocycles. The maximum Gasteiger partial charge on any atom is 0.230 e. The Morgan fingerprint density at radius 3 is 2.72 bits per heavy atom. The van der Waals surface area contributed by atoms with Crippen LogP contribution >= 0.6 is 23.1 Å². The molecule has 0 bridgehead atoms. The number of nitrogens with zero attached hydrogens (tertiary/aromatic N) is 1. The van der Waals surface area contributed by atoms with Crippen molar-refractivity contribution >= 4 is 39.9 Å². The van der Waals surface area contributed by atoms with Gasteiger partial charge in [0.05, 0.1) is 30.0 Å². The van der Waals surface area contributed by atoms with E-state index < -0.39 is 0 Å². The molecule has 2 aromatic carbocycles. The number of carbonyl (C=O) groups is 1. The van der Waals surface area contributed by atoms with Gasteiger partial charge in [-0.15, -0.1) is 11.3 Å². The molecule has 0 radical (unpaired) electrons. The molecule has 4 nitrogen and oxygen atoms in total. The molecule has 4 aromatic rings. The summed E-state index contributed by atoms with van der Waals surface area (Å²) in [6, 6.07) is 22.2. The van der Waals surface area contributed by atoms with Crippen LogP contribution in [-0.4, -0.2) is 23.8 Å². The van der Waals surface area contributed by atoms with Crippen molar-refractivity contribution in [3.8, 4) is 16.9 Å². The van der Waals surface area contributed by atoms with Crippen LogP contribution in [0.2, 0.25) is 0 Å². The first kappa shape index (κ1) is 19.5. The molecule has 1 amide bonds. The number of ether oxygens (including phenoxy) is 1. The number of nitrogens with one attached hydrogen (secondary N) is 1. The lowest BCUT2D eigenvalue weighted by molar-refractivity contribution is -0.118. The highest BCUT2D eigenvalue weighted by molar-refractivity contribution is 7.99. The Labute approximate surface area is 177 Å². The van der Waals surface area contributed by atoms with E-state index in [1.807, 2.05) is 53.9 Å². The van der Waals surface area contributed by atoms with Crippen molar-refractivity contribution in [2.75, 3.05) is 12.9 Å². The molecular formula is C23H20N2O2S2. The van der Waals surface area contributed by atoms with Crippen LogP contribution < -0.4 is 10.1 Å². The van der Waals surface area contributed by atoms with Crippen molar-refractivity contribution in [3.63, 3.8) is 0 Å². The Balaban J connectivity index is 1.57. The van der Waals surface area contributed by atoms with Crippen molar-refractivity contribution in [2.24, 2.45) is 0 Å². The summed E-state index contributed by atoms with van der Waals surface area (Å²) in [4.78, 5) is 18.2. The van der Waals surface area contributed by atoms with Gasteiger partial charge < -0.3 is 10.1 Å². The van der Waals surface area contributed by atoms with Crippen LogP contribution in [-0.2, 0) is 11.3 Å². The lowest BCUT2D eigenvalue weighted by atomic mass is 10.0. The summed E-state index contributed by atoms with van der Waals surface area (Å²) >= 11 is 3.08. The quantitative estimate of drug-likeness (QED) is 0.408. The van der Waals surface area contributed by atoms with Gasteiger partial charge in [-0.2, -0.15) is 0 Å². The Kier molecular flexibility index (Phi) is 6.12. The summed E-state index contributed by atoms with van der Waals surface area (Å²) in [6.07, 6.45) is 0. The molecule has 146 valence electrons. The van der Waals surface area contributed by atoms with Crippen LogP contribution in [0.1, 0.15) is 4.88 Å². The average Bonchev–Trinajstić information content (AvgIpc) is 3.29. The number of methoxy groups -OCH3 is 1. The molecule has 29 heavy (non-hydrogen) atoms. The zero-order valence-corrected chi connectivity index (χ0v) is 17.6. The van der Waals surface area contributed by atoms with Crippen molar-refractivity contribution < 1.29 is 9.53 Å². The number of thiophene rings is 1. The predicted octanol–water partition coefficient (Wildman–Crippen LogP) is 5.38. The SMILES string of the molecule is COc1ccc2c(-c3ccccc3)cc(SCC(=O)NCc3cccs3)nc2c1. The molecule has 0 aliphatic rings. The second kappa shape index (κ2) is 9.11. The Morgan fingerprint density at radius 1 is 1.10 bits per heavy atom. The lowest BCUT2D eigenvalue weighted by Gasteiger charge is -2.11. The third-order valence-corrected chi connectivity index (χ3v) is 6.26. The summed E-state index contributed by atoms with van der Waals surface area (Å²) in [5.41, 5.74) is 3.07. The molecule has 2 aromatic heterocycles. The molecular weight excluding hydrogens is 400 g/mol. The summed E-state index contributed by atoms with van der Waals surface area (Å²) < 4.78 is 5.36. The van der Waals surface area contributed by atoms with Gasteiger partial charge in [0.1, 0.15) is 5.75 Å². The predicted molar refractivity (Wildman–Crippen MR) is 121 cm³/mol. The van der Waals surface area contributed by atoms with E-state index >= 15 is 0 Å². The molecule has 2 heterocycles. The minimum atomic E-state index is -0.00259. The number of carbonyl (C=O) groups excluding carboxylic acids is 1. The zero-order valence-electron chi connectivity index (χ0n) is 15.9. The second-order valence-corrected chi connectivity index (χ2v) is 8.43. The van der Waals surface area contributed by atoms with E-state index in [0.717, 1.165) is 37.7 Å². The molecule has 6 heteroatoms. The summed E-state index contributed by atoms with van der Waals surface area (Å²) in [5, 5.41) is 6.84. The van der Waals surface area contributed by atoms with Gasteiger partial charge in [0, 0.05) is 16.3 Å². The van der Waals surface area contributed by atoms with Gasteiger partial charge in [-0.25, -0.2) is 4.98 Å². The first-order chi connectivity index (χ1) is 14.2. The second-order valence-electron chi connectivity index (χ2n) is 6.40. The number of hydrogen-bond acceptors (Lipinski definition) is 5. The average molecular weight is 421 g/mol. The number of amides is 1. The van der Waals surface area contributed by atoms with E-state index in [0.29, 0.717) is 12.3 Å². The molecule has 4 rings (SSSR count). The Bertz CT molecular complexity index is 1110. The normalized spacial score (nSPS) is 10.8. The molecule has 0 unspecified atom stereocenters. The van der Waals surface area contributed by atoms with Gasteiger partial charge in [0.2, 0.25) is 5.91 Å². The smallest absolute Gasteiger partial charge is 0.230 e. The topological polar surface area (TPSA) is 51.2 Å². The lowest BCUT2D eigenvalue weighted by Crippen LogP contribution is -2.24. The van der Waals surface area contributed by atoms with Crippen molar-refractivity contribution in [2.45, 2.75) is 11.6 Å². The molecule has 0 saturated carbocycles. The number of thioether (sulfide) groups is 1. The Hall–Kier alpha value is -2.83. The number of pyridine rings is 1. The van der Waals surface area contributed by atoms with E-state index in [9.17, 15) is 4.79 Å². The van der Waals surface area contributed by atoms with Gasteiger partial charge in [0.15, 0.2) is 0 Å². The first-order valence-corrected chi connectivity index (χ1v) is 11.1. The molecule has 0 aliphatic heterocycles. The van der Waals surface area contributed by atoms with Gasteiger partial charge in [0.25, 0.3) is 0 Å². The van der Waals surface area contributed by atoms with Crippen molar-refractivity contribution in [3.05, 3.63) is 77.0 Å². The van der Waals surface area contributed by atoms with E-state index in [1.54, 1.807) is 18.4 Å². The van der Waals surface area contributed by atoms with Gasteiger partial charge in [-0.3, -0.25) is 4.79 Å². The third kappa shape index (κ3) is 4.78. The van der Waals surface area contributed by atoms with Gasteiger partial charge in [-0.1, -0.05) is 48.2 Å². The zero-order chi connectivity index (χ0) is 20.1. The standard InChI is InChI=1S/C23H20N2O2S2/c1-27-17-9-10-19-20(16-6-3-2-4-7-16)13-23(25-21(19)12-17)29-15-22(26)24-14-18-8-5-11-28-18/h2-13H,14-15H2,1H3,(H,24,26). The molecule has 0 saturated heterocycles. The highest BCUT2D eigenvalue weighted by Crippen LogP contribution is 2.33. The summed E-state index contributed by atoms with van der Waals surface area (Å²) in [7, 11) is 1.65. The monoisotopic (exact) mass is 420 g/mol. The third-order valence-electron chi connectivity index (χ3n) is 4.47. The van der Waals surface area contributed by atoms with E-state index in [2.05, 4.69) is 23.5 Å². The van der Waals surface area contributed by atoms with E-state index in [-0.39, 0.29) is 5.91 Å². The highest BCUT2D eigenvalue weighted by Gasteiger charge is 2.11. The van der Waals surface area contributed by atoms with Gasteiger partial charge in [-0.05, 0) is 40.8 Å². The van der Waals surface area contributed by atoms with Crippen LogP contribution in [0, 0.1) is 0 Å². The van der Waals surface area contributed by atoms with Crippen LogP contribution in [0.4, 0.5) is 0 Å². The fraction of sp³-hybridized carbons (Fsp3) is 0.130. The van der Waals surface area contributed by atoms with Crippen LogP contribution in [0.15, 0.2) is 77.1 Å². The minimum absolute atomic E-state index is 0.00259. The number of fused-ring (bicyclic) bond motifs is 1. The molecule has 1 N–H and O–H groups in total. The summed E-state index contributed by atoms with van der Waals surface area (Å²) in [6.45, 7) is 0.564. The van der Waals surface area contributed by atoms with E-state index in [4.69, 9.17) is 9.72 Å².